The van der Waals surface area contributed by atoms with Gasteiger partial charge in [-0.25, -0.2) is 0 Å². The Morgan fingerprint density at radius 2 is 1.06 bits per heavy atom. The average molecular weight is 802 g/mol. The fourth-order valence-electron chi connectivity index (χ4n) is 4.91. The van der Waals surface area contributed by atoms with Crippen LogP contribution >= 0.6 is 0 Å². The van der Waals surface area contributed by atoms with Gasteiger partial charge in [-0.1, -0.05) is 188 Å². The van der Waals surface area contributed by atoms with Crippen molar-refractivity contribution in [1.82, 2.24) is 0 Å². The molecule has 54 heavy (non-hydrogen) atoms. The Balaban J connectivity index is -0.000000338. The van der Waals surface area contributed by atoms with Crippen LogP contribution in [0.1, 0.15) is 117 Å². The summed E-state index contributed by atoms with van der Waals surface area (Å²) < 4.78 is 16.7. The van der Waals surface area contributed by atoms with Crippen molar-refractivity contribution in [3.05, 3.63) is 97.6 Å². The third kappa shape index (κ3) is 36.8. The molecule has 2 aromatic rings. The van der Waals surface area contributed by atoms with E-state index in [-0.39, 0.29) is 29.1 Å². The Morgan fingerprint density at radius 3 is 1.33 bits per heavy atom. The van der Waals surface area contributed by atoms with Crippen molar-refractivity contribution in [2.75, 3.05) is 19.8 Å². The molecule has 0 spiro atoms. The van der Waals surface area contributed by atoms with Gasteiger partial charge in [0.15, 0.2) is 8.32 Å². The van der Waals surface area contributed by atoms with Gasteiger partial charge in [0.1, 0.15) is 24.7 Å². The summed E-state index contributed by atoms with van der Waals surface area (Å²) in [5.41, 5.74) is 2.39. The number of hydrogen-bond donors (Lipinski definition) is 0. The molecular formula is C48H92O3Si3. The van der Waals surface area contributed by atoms with Crippen LogP contribution < -0.4 is 9.47 Å². The monoisotopic (exact) mass is 801 g/mol. The molecule has 3 rings (SSSR count). The minimum absolute atomic E-state index is 0. The van der Waals surface area contributed by atoms with E-state index >= 15 is 0 Å². The maximum absolute atomic E-state index is 5.60. The summed E-state index contributed by atoms with van der Waals surface area (Å²) in [5.74, 6) is 1.72. The molecular weight excluding hydrogens is 709 g/mol. The van der Waals surface area contributed by atoms with E-state index in [9.17, 15) is 0 Å². The number of hydrogen-bond acceptors (Lipinski definition) is 3. The van der Waals surface area contributed by atoms with E-state index in [0.717, 1.165) is 18.1 Å². The van der Waals surface area contributed by atoms with E-state index in [1.54, 1.807) is 12.2 Å². The molecule has 0 N–H and O–H groups in total. The fourth-order valence-corrected chi connectivity index (χ4v) is 6.85. The molecule has 1 aliphatic heterocycles. The molecule has 1 heterocycles. The third-order valence-electron chi connectivity index (χ3n) is 7.82. The molecule has 0 atom stereocenters. The van der Waals surface area contributed by atoms with Gasteiger partial charge in [0, 0.05) is 28.9 Å². The van der Waals surface area contributed by atoms with Crippen LogP contribution in [0.2, 0.25) is 65.0 Å². The van der Waals surface area contributed by atoms with Crippen molar-refractivity contribution >= 4 is 25.2 Å². The average Bonchev–Trinajstić information content (AvgIpc) is 3.07. The van der Waals surface area contributed by atoms with Crippen LogP contribution in [0.3, 0.4) is 0 Å². The maximum Gasteiger partial charge on any atom is 0.186 e. The van der Waals surface area contributed by atoms with E-state index < -0.39 is 16.4 Å². The van der Waals surface area contributed by atoms with Gasteiger partial charge in [0.05, 0.1) is 0 Å². The van der Waals surface area contributed by atoms with Crippen LogP contribution in [-0.2, 0) is 9.84 Å². The zero-order valence-electron chi connectivity index (χ0n) is 36.4. The lowest BCUT2D eigenvalue weighted by atomic mass is 9.78. The number of rotatable bonds is 17. The van der Waals surface area contributed by atoms with Crippen molar-refractivity contribution in [2.24, 2.45) is 0 Å². The molecule has 0 saturated carbocycles. The van der Waals surface area contributed by atoms with Crippen LogP contribution in [-0.4, -0.2) is 45.0 Å². The van der Waals surface area contributed by atoms with Crippen LogP contribution in [0, 0.1) is 0 Å². The highest BCUT2D eigenvalue weighted by molar-refractivity contribution is 6.74. The summed E-state index contributed by atoms with van der Waals surface area (Å²) in [5, 5.41) is 0. The molecule has 0 aromatic heterocycles. The quantitative estimate of drug-likeness (QED) is 0.0906. The molecule has 0 amide bonds. The maximum atomic E-state index is 5.60. The van der Waals surface area contributed by atoms with Gasteiger partial charge >= 0.3 is 0 Å². The second kappa shape index (κ2) is 35.3. The largest absolute Gasteiger partial charge is 0.490 e. The lowest BCUT2D eigenvalue weighted by molar-refractivity contribution is 0.275. The Morgan fingerprint density at radius 1 is 0.685 bits per heavy atom. The minimum atomic E-state index is -1.09. The summed E-state index contributed by atoms with van der Waals surface area (Å²) in [6, 6.07) is 17.8. The molecule has 1 saturated heterocycles. The second-order valence-electron chi connectivity index (χ2n) is 17.2. The van der Waals surface area contributed by atoms with Crippen LogP contribution in [0.25, 0.3) is 0 Å². The predicted molar refractivity (Wildman–Crippen MR) is 259 cm³/mol. The SMILES string of the molecule is C.C.C=CCCCCCCCCCC.C=CCOc1ccc(C(C)(C)c2ccc(OCC=C)cc2)cc1.C[SiH](C)C.C[Si](C)(C)C.C[Si]1(C)CCCCO1. The molecule has 0 radical (unpaired) electrons. The first-order valence-electron chi connectivity index (χ1n) is 20.4. The molecule has 2 aromatic carbocycles. The number of allylic oxidation sites excluding steroid dienone is 1. The first kappa shape index (κ1) is 58.6. The number of unbranched alkanes of at least 4 members (excludes halogenated alkanes) is 8. The van der Waals surface area contributed by atoms with Crippen LogP contribution in [0.15, 0.2) is 86.5 Å². The van der Waals surface area contributed by atoms with Gasteiger partial charge in [-0.15, -0.1) is 6.58 Å². The van der Waals surface area contributed by atoms with Crippen molar-refractivity contribution in [1.29, 1.82) is 0 Å². The molecule has 0 bridgehead atoms. The zero-order valence-corrected chi connectivity index (χ0v) is 39.5. The molecule has 1 fully saturated rings. The lowest BCUT2D eigenvalue weighted by Gasteiger charge is -2.27. The van der Waals surface area contributed by atoms with Crippen molar-refractivity contribution in [3.8, 4) is 11.5 Å². The zero-order chi connectivity index (χ0) is 39.9. The van der Waals surface area contributed by atoms with E-state index in [0.29, 0.717) is 13.2 Å². The first-order valence-corrected chi connectivity index (χ1v) is 30.9. The van der Waals surface area contributed by atoms with Crippen LogP contribution in [0.5, 0.6) is 11.5 Å². The summed E-state index contributed by atoms with van der Waals surface area (Å²) >= 11 is 0. The molecule has 6 heteroatoms. The van der Waals surface area contributed by atoms with Crippen LogP contribution in [0.4, 0.5) is 0 Å². The third-order valence-corrected chi connectivity index (χ3v) is 10.4. The number of ether oxygens (including phenoxy) is 2. The summed E-state index contributed by atoms with van der Waals surface area (Å²) in [6.45, 7) is 40.6. The minimum Gasteiger partial charge on any atom is -0.490 e. The van der Waals surface area contributed by atoms with Gasteiger partial charge in [0.2, 0.25) is 0 Å². The summed E-state index contributed by atoms with van der Waals surface area (Å²) in [4.78, 5) is 0. The van der Waals surface area contributed by atoms with Crippen molar-refractivity contribution in [2.45, 2.75) is 177 Å². The van der Waals surface area contributed by atoms with Gasteiger partial charge in [0.25, 0.3) is 0 Å². The Hall–Kier alpha value is -2.13. The highest BCUT2D eigenvalue weighted by atomic mass is 28.4. The van der Waals surface area contributed by atoms with Gasteiger partial charge in [-0.05, 0) is 73.8 Å². The molecule has 0 aliphatic carbocycles. The Bertz CT molecular complexity index is 1060. The molecule has 1 aliphatic rings. The molecule has 0 unspecified atom stereocenters. The Labute approximate surface area is 343 Å². The second-order valence-corrected chi connectivity index (χ2v) is 31.0. The normalized spacial score (nSPS) is 12.8. The predicted octanol–water partition coefficient (Wildman–Crippen LogP) is 16.2. The topological polar surface area (TPSA) is 27.7 Å². The van der Waals surface area contributed by atoms with E-state index in [1.165, 1.54) is 87.8 Å². The number of benzene rings is 2. The molecule has 314 valence electrons. The highest BCUT2D eigenvalue weighted by Crippen LogP contribution is 2.33. The fraction of sp³-hybridized carbons (Fsp3) is 0.625. The van der Waals surface area contributed by atoms with E-state index in [4.69, 9.17) is 13.9 Å². The van der Waals surface area contributed by atoms with E-state index in [1.807, 2.05) is 30.3 Å². The first-order chi connectivity index (χ1) is 24.4. The Kier molecular flexibility index (Phi) is 38.3. The summed E-state index contributed by atoms with van der Waals surface area (Å²) in [7, 11) is -1.84. The standard InChI is InChI=1S/C21H24O2.C12H24.C6H14OSi.C4H12Si.C3H10Si.2CH4/c1-5-15-22-19-11-7-17(8-12-19)21(3,4)18-9-13-20(14-10-18)23-16-6-2;1-3-5-7-9-11-12-10-8-6-4-2;1-8(2)6-4-3-5-7-8;1-5(2,3)4;1-4(2)3;;/h5-14H,1-2,15-16H2,3-4H3;3H,1,4-12H2,2H3;3-6H2,1-2H3;1-4H3;4H,1-3H3;2*1H4. The van der Waals surface area contributed by atoms with Crippen molar-refractivity contribution in [3.63, 3.8) is 0 Å². The van der Waals surface area contributed by atoms with E-state index in [2.05, 4.69) is 124 Å². The van der Waals surface area contributed by atoms with Gasteiger partial charge in [-0.2, -0.15) is 0 Å². The van der Waals surface area contributed by atoms with Crippen molar-refractivity contribution < 1.29 is 13.9 Å². The summed E-state index contributed by atoms with van der Waals surface area (Å²) in [6.07, 6.45) is 20.7. The molecule has 3 nitrogen and oxygen atoms in total. The highest BCUT2D eigenvalue weighted by Gasteiger charge is 2.24. The van der Waals surface area contributed by atoms with Gasteiger partial charge < -0.3 is 13.9 Å². The lowest BCUT2D eigenvalue weighted by Crippen LogP contribution is -2.33. The smallest absolute Gasteiger partial charge is 0.186 e. The van der Waals surface area contributed by atoms with Gasteiger partial charge in [-0.3, -0.25) is 0 Å².